The van der Waals surface area contributed by atoms with E-state index in [1.54, 1.807) is 6.07 Å². The first-order chi connectivity index (χ1) is 8.97. The molecule has 6 nitrogen and oxygen atoms in total. The fraction of sp³-hybridized carbons (Fsp3) is 0. The average molecular weight is 342 g/mol. The number of nitrogen functional groups attached to an aromatic ring is 1. The lowest BCUT2D eigenvalue weighted by atomic mass is 10.2. The normalized spacial score (nSPS) is 10.2. The van der Waals surface area contributed by atoms with E-state index in [0.717, 1.165) is 11.3 Å². The van der Waals surface area contributed by atoms with E-state index in [4.69, 9.17) is 10.8 Å². The molecule has 2 rings (SSSR count). The molecule has 0 unspecified atom stereocenters. The molecule has 0 aliphatic carbocycles. The van der Waals surface area contributed by atoms with Gasteiger partial charge in [0.05, 0.1) is 11.3 Å². The Balaban J connectivity index is 2.30. The summed E-state index contributed by atoms with van der Waals surface area (Å²) >= 11 is 4.36. The number of aromatic carboxylic acids is 1. The average Bonchev–Trinajstić information content (AvgIpc) is 2.75. The lowest BCUT2D eigenvalue weighted by Crippen LogP contribution is -2.15. The monoisotopic (exact) mass is 341 g/mol. The molecule has 0 spiro atoms. The highest BCUT2D eigenvalue weighted by Crippen LogP contribution is 2.22. The van der Waals surface area contributed by atoms with Crippen molar-refractivity contribution in [1.29, 1.82) is 0 Å². The predicted molar refractivity (Wildman–Crippen MR) is 75.6 cm³/mol. The molecule has 98 valence electrons. The number of rotatable bonds is 3. The fourth-order valence-electron chi connectivity index (χ4n) is 1.38. The summed E-state index contributed by atoms with van der Waals surface area (Å²) in [5, 5.41) is 13.3. The maximum Gasteiger partial charge on any atom is 0.337 e. The molecule has 1 amide bonds. The van der Waals surface area contributed by atoms with E-state index in [0.29, 0.717) is 4.47 Å². The van der Waals surface area contributed by atoms with Gasteiger partial charge in [-0.2, -0.15) is 0 Å². The van der Waals surface area contributed by atoms with Gasteiger partial charge in [0.25, 0.3) is 5.91 Å². The van der Waals surface area contributed by atoms with Gasteiger partial charge < -0.3 is 16.2 Å². The molecule has 0 atom stereocenters. The van der Waals surface area contributed by atoms with Gasteiger partial charge in [0.2, 0.25) is 0 Å². The van der Waals surface area contributed by atoms with Gasteiger partial charge in [0.15, 0.2) is 5.13 Å². The number of amides is 1. The van der Waals surface area contributed by atoms with E-state index >= 15 is 0 Å². The number of hydrogen-bond donors (Lipinski definition) is 3. The Morgan fingerprint density at radius 3 is 2.74 bits per heavy atom. The molecule has 8 heteroatoms. The summed E-state index contributed by atoms with van der Waals surface area (Å²) in [5.41, 5.74) is 5.78. The number of carboxylic acid groups (broad SMARTS) is 1. The van der Waals surface area contributed by atoms with Gasteiger partial charge in [-0.3, -0.25) is 4.79 Å². The Hall–Kier alpha value is -1.93. The highest BCUT2D eigenvalue weighted by atomic mass is 79.9. The minimum Gasteiger partial charge on any atom is -0.478 e. The van der Waals surface area contributed by atoms with E-state index < -0.39 is 11.9 Å². The van der Waals surface area contributed by atoms with Crippen molar-refractivity contribution in [2.24, 2.45) is 0 Å². The van der Waals surface area contributed by atoms with E-state index in [1.807, 2.05) is 0 Å². The third-order valence-electron chi connectivity index (χ3n) is 2.21. The molecule has 0 saturated heterocycles. The minimum absolute atomic E-state index is 0.000230. The van der Waals surface area contributed by atoms with Gasteiger partial charge in [-0.15, -0.1) is 11.3 Å². The Kier molecular flexibility index (Phi) is 3.82. The smallest absolute Gasteiger partial charge is 0.337 e. The number of aromatic nitrogens is 1. The number of carboxylic acids is 1. The first-order valence-corrected chi connectivity index (χ1v) is 6.70. The molecular formula is C11H8BrN3O3S. The summed E-state index contributed by atoms with van der Waals surface area (Å²) in [7, 11) is 0. The Morgan fingerprint density at radius 1 is 1.42 bits per heavy atom. The number of thiazole rings is 1. The Bertz CT molecular complexity index is 656. The summed E-state index contributed by atoms with van der Waals surface area (Å²) in [6.07, 6.45) is 0. The lowest BCUT2D eigenvalue weighted by Gasteiger charge is -2.07. The van der Waals surface area contributed by atoms with Crippen molar-refractivity contribution in [3.05, 3.63) is 39.3 Å². The van der Waals surface area contributed by atoms with Crippen LogP contribution in [0, 0.1) is 0 Å². The van der Waals surface area contributed by atoms with Crippen LogP contribution in [0.1, 0.15) is 20.8 Å². The van der Waals surface area contributed by atoms with Crippen molar-refractivity contribution in [3.8, 4) is 0 Å². The van der Waals surface area contributed by atoms with Crippen LogP contribution in [0.2, 0.25) is 0 Å². The molecule has 0 radical (unpaired) electrons. The summed E-state index contributed by atoms with van der Waals surface area (Å²) in [6.45, 7) is 0. The third kappa shape index (κ3) is 3.09. The molecule has 1 heterocycles. The maximum atomic E-state index is 11.9. The predicted octanol–water partition coefficient (Wildman–Crippen LogP) is 2.44. The molecule has 4 N–H and O–H groups in total. The van der Waals surface area contributed by atoms with Gasteiger partial charge in [0, 0.05) is 9.85 Å². The first-order valence-electron chi connectivity index (χ1n) is 5.02. The number of nitrogens with one attached hydrogen (secondary N) is 1. The molecule has 0 bridgehead atoms. The topological polar surface area (TPSA) is 105 Å². The van der Waals surface area contributed by atoms with Crippen LogP contribution in [-0.2, 0) is 0 Å². The van der Waals surface area contributed by atoms with E-state index in [-0.39, 0.29) is 22.1 Å². The van der Waals surface area contributed by atoms with Gasteiger partial charge in [-0.1, -0.05) is 15.9 Å². The van der Waals surface area contributed by atoms with Crippen LogP contribution < -0.4 is 11.1 Å². The van der Waals surface area contributed by atoms with Gasteiger partial charge in [-0.25, -0.2) is 9.78 Å². The molecule has 19 heavy (non-hydrogen) atoms. The molecule has 0 fully saturated rings. The fourth-order valence-corrected chi connectivity index (χ4v) is 2.29. The molecule has 2 aromatic rings. The van der Waals surface area contributed by atoms with E-state index in [1.165, 1.54) is 17.5 Å². The molecular weight excluding hydrogens is 334 g/mol. The zero-order valence-corrected chi connectivity index (χ0v) is 11.8. The number of anilines is 2. The van der Waals surface area contributed by atoms with Gasteiger partial charge in [0.1, 0.15) is 5.69 Å². The first kappa shape index (κ1) is 13.5. The van der Waals surface area contributed by atoms with Crippen LogP contribution in [0.5, 0.6) is 0 Å². The number of benzene rings is 1. The third-order valence-corrected chi connectivity index (χ3v) is 3.38. The second-order valence-corrected chi connectivity index (χ2v) is 5.33. The number of halogens is 1. The van der Waals surface area contributed by atoms with Crippen LogP contribution in [0.3, 0.4) is 0 Å². The number of hydrogen-bond acceptors (Lipinski definition) is 5. The van der Waals surface area contributed by atoms with Crippen molar-refractivity contribution < 1.29 is 14.7 Å². The van der Waals surface area contributed by atoms with Crippen molar-refractivity contribution in [2.75, 3.05) is 11.1 Å². The van der Waals surface area contributed by atoms with Crippen molar-refractivity contribution >= 4 is 50.0 Å². The number of carbonyl (C=O) groups is 2. The number of carbonyl (C=O) groups excluding carboxylic acids is 1. The molecule has 1 aromatic heterocycles. The molecule has 1 aromatic carbocycles. The largest absolute Gasteiger partial charge is 0.478 e. The zero-order valence-electron chi connectivity index (χ0n) is 9.38. The highest BCUT2D eigenvalue weighted by Gasteiger charge is 2.15. The second kappa shape index (κ2) is 5.37. The Morgan fingerprint density at radius 2 is 2.16 bits per heavy atom. The molecule has 0 saturated carbocycles. The zero-order chi connectivity index (χ0) is 14.0. The Labute approximate surface area is 120 Å². The molecule has 0 aliphatic heterocycles. The van der Waals surface area contributed by atoms with Crippen LogP contribution in [-0.4, -0.2) is 22.0 Å². The summed E-state index contributed by atoms with van der Waals surface area (Å²) < 4.78 is 0.658. The number of nitrogens with zero attached hydrogens (tertiary/aromatic N) is 1. The van der Waals surface area contributed by atoms with Crippen LogP contribution in [0.4, 0.5) is 10.8 Å². The number of nitrogens with two attached hydrogens (primary N) is 1. The van der Waals surface area contributed by atoms with Crippen LogP contribution in [0.25, 0.3) is 0 Å². The summed E-state index contributed by atoms with van der Waals surface area (Å²) in [4.78, 5) is 26.8. The van der Waals surface area contributed by atoms with E-state index in [2.05, 4.69) is 26.2 Å². The maximum absolute atomic E-state index is 11.9. The van der Waals surface area contributed by atoms with Gasteiger partial charge in [-0.05, 0) is 18.2 Å². The minimum atomic E-state index is -1.12. The highest BCUT2D eigenvalue weighted by molar-refractivity contribution is 9.10. The summed E-state index contributed by atoms with van der Waals surface area (Å²) in [6, 6.07) is 4.49. The van der Waals surface area contributed by atoms with Gasteiger partial charge >= 0.3 is 5.97 Å². The second-order valence-electron chi connectivity index (χ2n) is 3.52. The summed E-state index contributed by atoms with van der Waals surface area (Å²) in [5.74, 6) is -1.63. The van der Waals surface area contributed by atoms with Crippen molar-refractivity contribution in [1.82, 2.24) is 4.98 Å². The van der Waals surface area contributed by atoms with E-state index in [9.17, 15) is 9.59 Å². The standard InChI is InChI=1S/C11H8BrN3O3S/c12-5-1-2-6(10(17)18)7(3-5)14-9(16)8-4-19-11(13)15-8/h1-4H,(H2,13,15)(H,14,16)(H,17,18). The van der Waals surface area contributed by atoms with Crippen LogP contribution in [0.15, 0.2) is 28.1 Å². The van der Waals surface area contributed by atoms with Crippen molar-refractivity contribution in [3.63, 3.8) is 0 Å². The molecule has 0 aliphatic rings. The van der Waals surface area contributed by atoms with Crippen LogP contribution >= 0.6 is 27.3 Å². The SMILES string of the molecule is Nc1nc(C(=O)Nc2cc(Br)ccc2C(=O)O)cs1. The quantitative estimate of drug-likeness (QED) is 0.795. The lowest BCUT2D eigenvalue weighted by molar-refractivity contribution is 0.0698. The van der Waals surface area contributed by atoms with Crippen molar-refractivity contribution in [2.45, 2.75) is 0 Å².